The van der Waals surface area contributed by atoms with Crippen molar-refractivity contribution in [3.8, 4) is 5.75 Å². The van der Waals surface area contributed by atoms with Crippen LogP contribution in [0.3, 0.4) is 0 Å². The molecule has 0 bridgehead atoms. The summed E-state index contributed by atoms with van der Waals surface area (Å²) in [6.07, 6.45) is 0. The lowest BCUT2D eigenvalue weighted by molar-refractivity contribution is 0.0306. The highest BCUT2D eigenvalue weighted by Crippen LogP contribution is 2.39. The largest absolute Gasteiger partial charge is 0.508 e. The second-order valence-electron chi connectivity index (χ2n) is 7.13. The van der Waals surface area contributed by atoms with E-state index in [1.54, 1.807) is 12.1 Å². The first-order valence-corrected chi connectivity index (χ1v) is 8.29. The summed E-state index contributed by atoms with van der Waals surface area (Å²) in [5.41, 5.74) is 1.01. The number of aliphatic hydroxyl groups excluding tert-OH is 1. The third-order valence-corrected chi connectivity index (χ3v) is 4.83. The Hall–Kier alpha value is -1.62. The van der Waals surface area contributed by atoms with Gasteiger partial charge in [-0.05, 0) is 34.5 Å². The maximum Gasteiger partial charge on any atom is 0.116 e. The number of rotatable bonds is 4. The number of nitrogens with zero attached hydrogens (tertiary/aromatic N) is 1. The molecule has 0 amide bonds. The normalized spacial score (nSPS) is 18.2. The lowest BCUT2D eigenvalue weighted by atomic mass is 9.79. The zero-order valence-electron chi connectivity index (χ0n) is 13.9. The van der Waals surface area contributed by atoms with Crippen molar-refractivity contribution in [2.75, 3.05) is 32.8 Å². The van der Waals surface area contributed by atoms with Gasteiger partial charge in [0.1, 0.15) is 5.75 Å². The monoisotopic (exact) mass is 314 g/mol. The van der Waals surface area contributed by atoms with Crippen LogP contribution < -0.4 is 5.32 Å². The van der Waals surface area contributed by atoms with Gasteiger partial charge >= 0.3 is 0 Å². The van der Waals surface area contributed by atoms with E-state index in [0.717, 1.165) is 37.0 Å². The molecule has 23 heavy (non-hydrogen) atoms. The number of aromatic hydroxyl groups is 1. The summed E-state index contributed by atoms with van der Waals surface area (Å²) < 4.78 is 0. The van der Waals surface area contributed by atoms with Crippen LogP contribution in [0.15, 0.2) is 36.4 Å². The van der Waals surface area contributed by atoms with Gasteiger partial charge in [0, 0.05) is 44.2 Å². The molecule has 1 aliphatic heterocycles. The van der Waals surface area contributed by atoms with Gasteiger partial charge in [0.15, 0.2) is 0 Å². The summed E-state index contributed by atoms with van der Waals surface area (Å²) in [6.45, 7) is 8.35. The summed E-state index contributed by atoms with van der Waals surface area (Å²) in [4.78, 5) is 2.47. The number of phenols is 1. The molecule has 1 atom stereocenters. The van der Waals surface area contributed by atoms with Crippen molar-refractivity contribution in [2.45, 2.75) is 19.9 Å². The van der Waals surface area contributed by atoms with E-state index in [2.05, 4.69) is 42.3 Å². The second-order valence-corrected chi connectivity index (χ2v) is 7.13. The first-order valence-electron chi connectivity index (χ1n) is 8.29. The van der Waals surface area contributed by atoms with E-state index in [4.69, 9.17) is 0 Å². The number of hydrogen-bond donors (Lipinski definition) is 3. The molecular weight excluding hydrogens is 288 g/mol. The summed E-state index contributed by atoms with van der Waals surface area (Å²) in [6, 6.07) is 12.0. The minimum absolute atomic E-state index is 0.148. The molecule has 3 rings (SSSR count). The molecule has 1 aliphatic rings. The van der Waals surface area contributed by atoms with Crippen LogP contribution in [0.25, 0.3) is 10.8 Å². The average molecular weight is 314 g/mol. The molecule has 1 heterocycles. The predicted octanol–water partition coefficient (Wildman–Crippen LogP) is 2.51. The number of aliphatic hydroxyl groups is 1. The van der Waals surface area contributed by atoms with Gasteiger partial charge in [-0.3, -0.25) is 4.90 Å². The molecule has 0 spiro atoms. The lowest BCUT2D eigenvalue weighted by Gasteiger charge is -2.43. The van der Waals surface area contributed by atoms with Crippen molar-refractivity contribution in [1.29, 1.82) is 0 Å². The minimum atomic E-state index is -0.220. The third kappa shape index (κ3) is 3.34. The Morgan fingerprint density at radius 2 is 1.74 bits per heavy atom. The van der Waals surface area contributed by atoms with E-state index < -0.39 is 0 Å². The van der Waals surface area contributed by atoms with Gasteiger partial charge in [0.25, 0.3) is 0 Å². The first kappa shape index (κ1) is 16.2. The van der Waals surface area contributed by atoms with E-state index in [-0.39, 0.29) is 18.1 Å². The van der Waals surface area contributed by atoms with Gasteiger partial charge in [-0.1, -0.05) is 32.0 Å². The van der Waals surface area contributed by atoms with Gasteiger partial charge < -0.3 is 15.5 Å². The van der Waals surface area contributed by atoms with Crippen LogP contribution in [0.1, 0.15) is 25.5 Å². The zero-order chi connectivity index (χ0) is 16.4. The van der Waals surface area contributed by atoms with Crippen molar-refractivity contribution in [2.24, 2.45) is 5.41 Å². The van der Waals surface area contributed by atoms with Gasteiger partial charge in [-0.15, -0.1) is 0 Å². The molecule has 0 unspecified atom stereocenters. The van der Waals surface area contributed by atoms with Gasteiger partial charge in [0.2, 0.25) is 0 Å². The van der Waals surface area contributed by atoms with Gasteiger partial charge in [-0.2, -0.15) is 0 Å². The molecule has 3 N–H and O–H groups in total. The number of benzene rings is 2. The molecule has 0 saturated carbocycles. The Morgan fingerprint density at radius 1 is 1.09 bits per heavy atom. The highest BCUT2D eigenvalue weighted by Gasteiger charge is 2.35. The Kier molecular flexibility index (Phi) is 4.57. The molecule has 4 nitrogen and oxygen atoms in total. The lowest BCUT2D eigenvalue weighted by Crippen LogP contribution is -2.49. The van der Waals surface area contributed by atoms with Crippen LogP contribution in [0.2, 0.25) is 0 Å². The summed E-state index contributed by atoms with van der Waals surface area (Å²) in [5.74, 6) is 0.291. The van der Waals surface area contributed by atoms with Crippen molar-refractivity contribution in [1.82, 2.24) is 10.2 Å². The van der Waals surface area contributed by atoms with E-state index in [0.29, 0.717) is 5.75 Å². The number of piperazine rings is 1. The topological polar surface area (TPSA) is 55.7 Å². The molecule has 2 aromatic rings. The molecule has 124 valence electrons. The number of nitrogens with one attached hydrogen (secondary N) is 1. The van der Waals surface area contributed by atoms with E-state index in [9.17, 15) is 10.2 Å². The van der Waals surface area contributed by atoms with E-state index in [1.165, 1.54) is 5.56 Å². The summed E-state index contributed by atoms with van der Waals surface area (Å²) in [5, 5.41) is 25.1. The van der Waals surface area contributed by atoms with Crippen LogP contribution in [0.4, 0.5) is 0 Å². The Labute approximate surface area is 137 Å². The summed E-state index contributed by atoms with van der Waals surface area (Å²) in [7, 11) is 0. The molecule has 2 aromatic carbocycles. The molecule has 0 radical (unpaired) electrons. The number of hydrogen-bond acceptors (Lipinski definition) is 4. The fourth-order valence-corrected chi connectivity index (χ4v) is 3.60. The van der Waals surface area contributed by atoms with Crippen LogP contribution >= 0.6 is 0 Å². The molecule has 1 saturated heterocycles. The van der Waals surface area contributed by atoms with Crippen LogP contribution in [-0.2, 0) is 0 Å². The Morgan fingerprint density at radius 3 is 2.43 bits per heavy atom. The zero-order valence-corrected chi connectivity index (χ0v) is 13.9. The highest BCUT2D eigenvalue weighted by atomic mass is 16.3. The second kappa shape index (κ2) is 6.48. The van der Waals surface area contributed by atoms with E-state index >= 15 is 0 Å². The van der Waals surface area contributed by atoms with Crippen LogP contribution in [-0.4, -0.2) is 47.9 Å². The number of phenolic OH excluding ortho intramolecular Hbond substituents is 1. The van der Waals surface area contributed by atoms with E-state index in [1.807, 2.05) is 6.07 Å². The quantitative estimate of drug-likeness (QED) is 0.812. The SMILES string of the molecule is CC(C)(CO)[C@H](c1ccc2cc(O)ccc2c1)N1CCNCC1. The van der Waals surface area contributed by atoms with Gasteiger partial charge in [-0.25, -0.2) is 0 Å². The third-order valence-electron chi connectivity index (χ3n) is 4.83. The molecule has 0 aliphatic carbocycles. The molecule has 4 heteroatoms. The molecule has 1 fully saturated rings. The Bertz CT molecular complexity index is 678. The minimum Gasteiger partial charge on any atom is -0.508 e. The molecular formula is C19H26N2O2. The average Bonchev–Trinajstić information content (AvgIpc) is 2.56. The maximum absolute atomic E-state index is 9.93. The first-order chi connectivity index (χ1) is 11.0. The summed E-state index contributed by atoms with van der Waals surface area (Å²) >= 11 is 0. The maximum atomic E-state index is 9.93. The standard InChI is InChI=1S/C19H26N2O2/c1-19(2,13-22)18(21-9-7-20-8-10-21)16-4-3-15-12-17(23)6-5-14(15)11-16/h3-6,11-12,18,20,22-23H,7-10,13H2,1-2H3/t18-/m0/s1. The predicted molar refractivity (Wildman–Crippen MR) is 93.7 cm³/mol. The van der Waals surface area contributed by atoms with Gasteiger partial charge in [0.05, 0.1) is 0 Å². The fraction of sp³-hybridized carbons (Fsp3) is 0.474. The number of fused-ring (bicyclic) bond motifs is 1. The van der Waals surface area contributed by atoms with Crippen molar-refractivity contribution in [3.05, 3.63) is 42.0 Å². The fourth-order valence-electron chi connectivity index (χ4n) is 3.60. The van der Waals surface area contributed by atoms with Crippen LogP contribution in [0.5, 0.6) is 5.75 Å². The van der Waals surface area contributed by atoms with Crippen LogP contribution in [0, 0.1) is 5.41 Å². The van der Waals surface area contributed by atoms with Crippen molar-refractivity contribution < 1.29 is 10.2 Å². The highest BCUT2D eigenvalue weighted by molar-refractivity contribution is 5.84. The molecule has 0 aromatic heterocycles. The smallest absolute Gasteiger partial charge is 0.116 e. The van der Waals surface area contributed by atoms with Crippen molar-refractivity contribution in [3.63, 3.8) is 0 Å². The Balaban J connectivity index is 2.03. The van der Waals surface area contributed by atoms with Crippen molar-refractivity contribution >= 4 is 10.8 Å².